The van der Waals surface area contributed by atoms with Gasteiger partial charge in [-0.15, -0.1) is 0 Å². The first kappa shape index (κ1) is 19.1. The summed E-state index contributed by atoms with van der Waals surface area (Å²) < 4.78 is 23.3. The van der Waals surface area contributed by atoms with Gasteiger partial charge < -0.3 is 5.11 Å². The summed E-state index contributed by atoms with van der Waals surface area (Å²) in [4.78, 5) is 2.77. The van der Waals surface area contributed by atoms with E-state index in [0.717, 1.165) is 37.9 Å². The van der Waals surface area contributed by atoms with Crippen molar-refractivity contribution in [3.05, 3.63) is 65.2 Å². The van der Waals surface area contributed by atoms with E-state index in [9.17, 15) is 13.5 Å². The van der Waals surface area contributed by atoms with Crippen LogP contribution in [0.15, 0.2) is 53.4 Å². The van der Waals surface area contributed by atoms with E-state index in [1.807, 2.05) is 12.1 Å². The zero-order valence-corrected chi connectivity index (χ0v) is 16.1. The molecule has 0 bridgehead atoms. The molecule has 1 aliphatic rings. The predicted octanol–water partition coefficient (Wildman–Crippen LogP) is 3.35. The minimum Gasteiger partial charge on any atom is -0.396 e. The van der Waals surface area contributed by atoms with Crippen LogP contribution in [-0.2, 0) is 22.8 Å². The Hall–Kier alpha value is -1.69. The third-order valence-electron chi connectivity index (χ3n) is 5.12. The van der Waals surface area contributed by atoms with Gasteiger partial charge in [-0.25, -0.2) is 8.42 Å². The monoisotopic (exact) mass is 373 g/mol. The molecule has 5 heteroatoms. The molecule has 3 rings (SSSR count). The highest BCUT2D eigenvalue weighted by Gasteiger charge is 2.25. The molecule has 0 aromatic heterocycles. The van der Waals surface area contributed by atoms with Crippen LogP contribution in [0.5, 0.6) is 0 Å². The summed E-state index contributed by atoms with van der Waals surface area (Å²) in [7, 11) is -3.17. The highest BCUT2D eigenvalue weighted by atomic mass is 32.2. The molecule has 1 atom stereocenters. The number of rotatable bonds is 7. The second kappa shape index (κ2) is 8.33. The summed E-state index contributed by atoms with van der Waals surface area (Å²) in [6.07, 6.45) is 5.38. The number of sulfone groups is 1. The molecule has 1 N–H and O–H groups in total. The predicted molar refractivity (Wildman–Crippen MR) is 104 cm³/mol. The normalized spacial score (nSPS) is 17.3. The lowest BCUT2D eigenvalue weighted by atomic mass is 9.86. The fourth-order valence-corrected chi connectivity index (χ4v) is 4.43. The maximum Gasteiger partial charge on any atom is 0.175 e. The van der Waals surface area contributed by atoms with Crippen molar-refractivity contribution in [1.29, 1.82) is 0 Å². The molecule has 0 saturated carbocycles. The van der Waals surface area contributed by atoms with Crippen molar-refractivity contribution in [3.8, 4) is 0 Å². The SMILES string of the molecule is CS(=O)(=O)c1ccc(CN(CCCO)C2CCCc3ccccc32)cc1. The number of nitrogens with zero attached hydrogens (tertiary/aromatic N) is 1. The van der Waals surface area contributed by atoms with Gasteiger partial charge in [-0.3, -0.25) is 4.90 Å². The van der Waals surface area contributed by atoms with Crippen LogP contribution in [0, 0.1) is 0 Å². The first-order chi connectivity index (χ1) is 12.5. The van der Waals surface area contributed by atoms with Crippen molar-refractivity contribution in [2.75, 3.05) is 19.4 Å². The summed E-state index contributed by atoms with van der Waals surface area (Å²) >= 11 is 0. The van der Waals surface area contributed by atoms with E-state index in [-0.39, 0.29) is 6.61 Å². The van der Waals surface area contributed by atoms with Crippen LogP contribution in [0.4, 0.5) is 0 Å². The largest absolute Gasteiger partial charge is 0.396 e. The molecular formula is C21H27NO3S. The van der Waals surface area contributed by atoms with E-state index in [1.165, 1.54) is 23.8 Å². The number of aryl methyl sites for hydroxylation is 1. The average Bonchev–Trinajstić information content (AvgIpc) is 2.64. The van der Waals surface area contributed by atoms with Crippen molar-refractivity contribution in [1.82, 2.24) is 4.90 Å². The molecule has 0 radical (unpaired) electrons. The Morgan fingerprint density at radius 1 is 1.12 bits per heavy atom. The Labute approximate surface area is 156 Å². The molecule has 0 heterocycles. The minimum atomic E-state index is -3.17. The van der Waals surface area contributed by atoms with Crippen LogP contribution in [0.2, 0.25) is 0 Å². The molecule has 26 heavy (non-hydrogen) atoms. The van der Waals surface area contributed by atoms with Gasteiger partial charge in [0.1, 0.15) is 0 Å². The molecule has 0 amide bonds. The highest BCUT2D eigenvalue weighted by Crippen LogP contribution is 2.35. The minimum absolute atomic E-state index is 0.178. The number of aliphatic hydroxyl groups is 1. The quantitative estimate of drug-likeness (QED) is 0.809. The molecular weight excluding hydrogens is 346 g/mol. The third kappa shape index (κ3) is 4.53. The lowest BCUT2D eigenvalue weighted by Crippen LogP contribution is -2.32. The van der Waals surface area contributed by atoms with Crippen LogP contribution in [0.25, 0.3) is 0 Å². The van der Waals surface area contributed by atoms with E-state index < -0.39 is 9.84 Å². The van der Waals surface area contributed by atoms with Crippen molar-refractivity contribution in [2.45, 2.75) is 43.2 Å². The van der Waals surface area contributed by atoms with Crippen molar-refractivity contribution in [3.63, 3.8) is 0 Å². The van der Waals surface area contributed by atoms with Gasteiger partial charge in [0.15, 0.2) is 9.84 Å². The number of hydrogen-bond donors (Lipinski definition) is 1. The van der Waals surface area contributed by atoms with E-state index >= 15 is 0 Å². The molecule has 1 aliphatic carbocycles. The molecule has 0 saturated heterocycles. The Morgan fingerprint density at radius 2 is 1.85 bits per heavy atom. The Bertz CT molecular complexity index is 831. The van der Waals surface area contributed by atoms with Gasteiger partial charge in [0.2, 0.25) is 0 Å². The molecule has 0 spiro atoms. The number of fused-ring (bicyclic) bond motifs is 1. The summed E-state index contributed by atoms with van der Waals surface area (Å²) in [5, 5.41) is 9.31. The maximum absolute atomic E-state index is 11.7. The van der Waals surface area contributed by atoms with Crippen molar-refractivity contribution in [2.24, 2.45) is 0 Å². The van der Waals surface area contributed by atoms with Crippen LogP contribution in [0.3, 0.4) is 0 Å². The van der Waals surface area contributed by atoms with Crippen LogP contribution >= 0.6 is 0 Å². The summed E-state index contributed by atoms with van der Waals surface area (Å²) in [6, 6.07) is 16.2. The van der Waals surface area contributed by atoms with Crippen LogP contribution < -0.4 is 0 Å². The van der Waals surface area contributed by atoms with Gasteiger partial charge in [-0.1, -0.05) is 36.4 Å². The fourth-order valence-electron chi connectivity index (χ4n) is 3.80. The van der Waals surface area contributed by atoms with E-state index in [0.29, 0.717) is 10.9 Å². The third-order valence-corrected chi connectivity index (χ3v) is 6.25. The fraction of sp³-hybridized carbons (Fsp3) is 0.429. The topological polar surface area (TPSA) is 57.6 Å². The van der Waals surface area contributed by atoms with Gasteiger partial charge in [0.05, 0.1) is 4.90 Å². The molecule has 4 nitrogen and oxygen atoms in total. The molecule has 2 aromatic carbocycles. The molecule has 140 valence electrons. The van der Waals surface area contributed by atoms with Crippen molar-refractivity contribution < 1.29 is 13.5 Å². The summed E-state index contributed by atoms with van der Waals surface area (Å²) in [6.45, 7) is 1.75. The van der Waals surface area contributed by atoms with Gasteiger partial charge in [-0.2, -0.15) is 0 Å². The van der Waals surface area contributed by atoms with E-state index in [4.69, 9.17) is 0 Å². The van der Waals surface area contributed by atoms with Gasteiger partial charge in [0, 0.05) is 32.0 Å². The summed E-state index contributed by atoms with van der Waals surface area (Å²) in [5.74, 6) is 0. The maximum atomic E-state index is 11.7. The van der Waals surface area contributed by atoms with Crippen LogP contribution in [0.1, 0.15) is 42.0 Å². The van der Waals surface area contributed by atoms with Crippen LogP contribution in [-0.4, -0.2) is 37.8 Å². The zero-order chi connectivity index (χ0) is 18.6. The number of aliphatic hydroxyl groups excluding tert-OH is 1. The number of benzene rings is 2. The first-order valence-electron chi connectivity index (χ1n) is 9.21. The van der Waals surface area contributed by atoms with Gasteiger partial charge in [0.25, 0.3) is 0 Å². The molecule has 0 aliphatic heterocycles. The smallest absolute Gasteiger partial charge is 0.175 e. The number of hydrogen-bond acceptors (Lipinski definition) is 4. The zero-order valence-electron chi connectivity index (χ0n) is 15.3. The van der Waals surface area contributed by atoms with Gasteiger partial charge in [-0.05, 0) is 54.5 Å². The standard InChI is InChI=1S/C21H27NO3S/c1-26(24,25)19-12-10-17(11-13-19)16-22(14-5-15-23)21-9-4-7-18-6-2-3-8-20(18)21/h2-3,6,8,10-13,21,23H,4-5,7,9,14-16H2,1H3. The highest BCUT2D eigenvalue weighted by molar-refractivity contribution is 7.90. The molecule has 1 unspecified atom stereocenters. The van der Waals surface area contributed by atoms with Crippen molar-refractivity contribution >= 4 is 9.84 Å². The Kier molecular flexibility index (Phi) is 6.12. The lowest BCUT2D eigenvalue weighted by molar-refractivity contribution is 0.152. The van der Waals surface area contributed by atoms with E-state index in [2.05, 4.69) is 29.2 Å². The summed E-state index contributed by atoms with van der Waals surface area (Å²) in [5.41, 5.74) is 3.91. The Morgan fingerprint density at radius 3 is 2.54 bits per heavy atom. The second-order valence-electron chi connectivity index (χ2n) is 7.07. The average molecular weight is 374 g/mol. The first-order valence-corrected chi connectivity index (χ1v) is 11.1. The molecule has 2 aromatic rings. The Balaban J connectivity index is 1.83. The lowest BCUT2D eigenvalue weighted by Gasteiger charge is -2.36. The molecule has 0 fully saturated rings. The second-order valence-corrected chi connectivity index (χ2v) is 9.09. The van der Waals surface area contributed by atoms with E-state index in [1.54, 1.807) is 12.1 Å². The van der Waals surface area contributed by atoms with Gasteiger partial charge >= 0.3 is 0 Å².